The number of nitrogens with zero attached hydrogens (tertiary/aromatic N) is 5. The van der Waals surface area contributed by atoms with Crippen LogP contribution in [0.15, 0.2) is 83.3 Å². The third-order valence-electron chi connectivity index (χ3n) is 11.9. The number of rotatable bonds is 14. The number of benzene rings is 3. The van der Waals surface area contributed by atoms with Crippen molar-refractivity contribution in [2.75, 3.05) is 32.8 Å². The Bertz CT molecular complexity index is 2150. The van der Waals surface area contributed by atoms with Gasteiger partial charge < -0.3 is 24.1 Å². The van der Waals surface area contributed by atoms with E-state index in [1.807, 2.05) is 41.3 Å². The molecule has 3 aromatic carbocycles. The van der Waals surface area contributed by atoms with Crippen LogP contribution in [0.1, 0.15) is 78.6 Å². The molecule has 3 aliphatic rings. The van der Waals surface area contributed by atoms with Gasteiger partial charge in [-0.05, 0) is 98.6 Å². The number of aryl methyl sites for hydroxylation is 1. The minimum absolute atomic E-state index is 0.118. The Kier molecular flexibility index (Phi) is 12.8. The molecular weight excluding hydrogens is 742 g/mol. The molecule has 12 heteroatoms. The number of aromatic nitrogens is 2. The van der Waals surface area contributed by atoms with Gasteiger partial charge in [0.05, 0.1) is 23.2 Å². The smallest absolute Gasteiger partial charge is 0.320 e. The Morgan fingerprint density at radius 1 is 1.02 bits per heavy atom. The fraction of sp³-hybridized carbons (Fsp3) is 0.422. The predicted molar refractivity (Wildman–Crippen MR) is 217 cm³/mol. The van der Waals surface area contributed by atoms with Crippen LogP contribution in [-0.2, 0) is 29.9 Å². The summed E-state index contributed by atoms with van der Waals surface area (Å²) >= 11 is 7.05. The molecule has 2 fully saturated rings. The van der Waals surface area contributed by atoms with Gasteiger partial charge in [0, 0.05) is 30.7 Å². The zero-order valence-electron chi connectivity index (χ0n) is 32.6. The van der Waals surface area contributed by atoms with Crippen molar-refractivity contribution in [3.05, 3.63) is 124 Å². The van der Waals surface area contributed by atoms with E-state index in [1.165, 1.54) is 0 Å². The summed E-state index contributed by atoms with van der Waals surface area (Å²) in [5, 5.41) is 38.7. The molecule has 0 amide bonds. The lowest BCUT2D eigenvalue weighted by molar-refractivity contribution is -0.144. The largest absolute Gasteiger partial charge is 0.490 e. The van der Waals surface area contributed by atoms with Gasteiger partial charge in [0.2, 0.25) is 11.8 Å². The molecule has 1 aliphatic carbocycles. The average Bonchev–Trinajstić information content (AvgIpc) is 3.70. The summed E-state index contributed by atoms with van der Waals surface area (Å²) in [5.74, 6) is 1.21. The Labute approximate surface area is 339 Å². The maximum atomic E-state index is 12.2. The summed E-state index contributed by atoms with van der Waals surface area (Å²) in [7, 11) is 0. The van der Waals surface area contributed by atoms with Crippen LogP contribution in [0.2, 0.25) is 5.02 Å². The van der Waals surface area contributed by atoms with Crippen LogP contribution < -0.4 is 9.47 Å². The SMILES string of the molecule is Cc1ccccc1C1=CC=CC(COc2cc(OCc3cccc(C#N)c3)c(CN3CCCC[C@H]3C(=O)O)cc2Cl)(c2nnc(CN3CCC(CO)CC3)o2)C1C. The molecular formula is C45H50ClN5O6. The molecule has 2 N–H and O–H groups in total. The number of ether oxygens (including phenoxy) is 2. The lowest BCUT2D eigenvalue weighted by Crippen LogP contribution is -2.44. The summed E-state index contributed by atoms with van der Waals surface area (Å²) in [6.45, 7) is 7.97. The summed E-state index contributed by atoms with van der Waals surface area (Å²) in [5.41, 5.74) is 4.61. The van der Waals surface area contributed by atoms with Crippen molar-refractivity contribution in [2.24, 2.45) is 11.8 Å². The van der Waals surface area contributed by atoms with E-state index in [0.717, 1.165) is 66.6 Å². The van der Waals surface area contributed by atoms with Gasteiger partial charge in [-0.25, -0.2) is 0 Å². The number of carbonyl (C=O) groups is 1. The second-order valence-electron chi connectivity index (χ2n) is 15.6. The topological polar surface area (TPSA) is 145 Å². The van der Waals surface area contributed by atoms with Crippen molar-refractivity contribution < 1.29 is 28.9 Å². The van der Waals surface area contributed by atoms with Crippen molar-refractivity contribution in [3.63, 3.8) is 0 Å². The second-order valence-corrected chi connectivity index (χ2v) is 16.0. The number of aliphatic carboxylic acids is 1. The Morgan fingerprint density at radius 3 is 2.61 bits per heavy atom. The first-order chi connectivity index (χ1) is 27.7. The Balaban J connectivity index is 1.20. The van der Waals surface area contributed by atoms with Gasteiger partial charge in [-0.2, -0.15) is 5.26 Å². The number of aliphatic hydroxyl groups is 1. The zero-order chi connectivity index (χ0) is 39.9. The average molecular weight is 792 g/mol. The van der Waals surface area contributed by atoms with E-state index < -0.39 is 17.4 Å². The number of hydrogen-bond acceptors (Lipinski definition) is 10. The standard InChI is InChI=1S/C45H50ClN5O6/c1-30-9-3-4-12-36(30)37-13-8-17-45(31(37)2,44-49-48-42(57-44)26-50-19-15-32(27-52)16-20-50)29-56-41-23-40(55-28-34-11-7-10-33(21-34)24-47)35(22-38(41)46)25-51-18-6-5-14-39(51)43(53)54/h3-4,7-13,17,21-23,31-32,39,52H,5-6,14-16,18-20,25-29H2,1-2H3,(H,53,54)/t31?,39-,45?/m0/s1. The van der Waals surface area contributed by atoms with Crippen LogP contribution in [0, 0.1) is 30.1 Å². The fourth-order valence-electron chi connectivity index (χ4n) is 8.34. The Morgan fingerprint density at radius 2 is 1.84 bits per heavy atom. The zero-order valence-corrected chi connectivity index (χ0v) is 33.3. The van der Waals surface area contributed by atoms with Crippen molar-refractivity contribution in [1.29, 1.82) is 5.26 Å². The highest BCUT2D eigenvalue weighted by molar-refractivity contribution is 6.32. The number of carboxylic acid groups (broad SMARTS) is 1. The molecule has 0 spiro atoms. The van der Waals surface area contributed by atoms with Gasteiger partial charge in [-0.15, -0.1) is 10.2 Å². The van der Waals surface area contributed by atoms with Gasteiger partial charge in [0.25, 0.3) is 0 Å². The normalized spacial score (nSPS) is 21.8. The van der Waals surface area contributed by atoms with Crippen molar-refractivity contribution in [3.8, 4) is 17.6 Å². The van der Waals surface area contributed by atoms with Gasteiger partial charge in [0.15, 0.2) is 0 Å². The lowest BCUT2D eigenvalue weighted by atomic mass is 9.68. The molecule has 4 aromatic rings. The molecule has 0 radical (unpaired) electrons. The van der Waals surface area contributed by atoms with E-state index in [-0.39, 0.29) is 25.7 Å². The molecule has 298 valence electrons. The molecule has 11 nitrogen and oxygen atoms in total. The first kappa shape index (κ1) is 40.2. The lowest BCUT2D eigenvalue weighted by Gasteiger charge is -2.37. The van der Waals surface area contributed by atoms with E-state index in [2.05, 4.69) is 59.3 Å². The van der Waals surface area contributed by atoms with Crippen LogP contribution in [-0.4, -0.2) is 75.1 Å². The number of allylic oxidation sites excluding steroid dienone is 3. The molecule has 7 rings (SSSR count). The van der Waals surface area contributed by atoms with Crippen LogP contribution in [0.5, 0.6) is 11.5 Å². The number of aliphatic hydroxyl groups excluding tert-OH is 1. The van der Waals surface area contributed by atoms with E-state index in [0.29, 0.717) is 65.8 Å². The summed E-state index contributed by atoms with van der Waals surface area (Å²) in [6, 6.07) is 20.7. The minimum atomic E-state index is -0.870. The van der Waals surface area contributed by atoms with Crippen LogP contribution in [0.25, 0.3) is 5.57 Å². The molecule has 3 atom stereocenters. The summed E-state index contributed by atoms with van der Waals surface area (Å²) < 4.78 is 19.7. The highest BCUT2D eigenvalue weighted by atomic mass is 35.5. The number of piperidine rings is 2. The van der Waals surface area contributed by atoms with E-state index in [9.17, 15) is 20.3 Å². The van der Waals surface area contributed by atoms with E-state index in [1.54, 1.807) is 18.2 Å². The molecule has 1 aromatic heterocycles. The fourth-order valence-corrected chi connectivity index (χ4v) is 8.58. The highest BCUT2D eigenvalue weighted by Crippen LogP contribution is 2.46. The maximum absolute atomic E-state index is 12.2. The molecule has 0 bridgehead atoms. The third-order valence-corrected chi connectivity index (χ3v) is 12.2. The highest BCUT2D eigenvalue weighted by Gasteiger charge is 2.45. The van der Waals surface area contributed by atoms with E-state index >= 15 is 0 Å². The van der Waals surface area contributed by atoms with Crippen molar-refractivity contribution in [2.45, 2.75) is 77.1 Å². The Hall–Kier alpha value is -4.99. The number of hydrogen-bond donors (Lipinski definition) is 2. The van der Waals surface area contributed by atoms with Gasteiger partial charge >= 0.3 is 5.97 Å². The monoisotopic (exact) mass is 791 g/mol. The quantitative estimate of drug-likeness (QED) is 0.129. The van der Waals surface area contributed by atoms with Crippen molar-refractivity contribution in [1.82, 2.24) is 20.0 Å². The molecule has 57 heavy (non-hydrogen) atoms. The van der Waals surface area contributed by atoms with E-state index in [4.69, 9.17) is 25.5 Å². The van der Waals surface area contributed by atoms with Crippen LogP contribution in [0.4, 0.5) is 0 Å². The maximum Gasteiger partial charge on any atom is 0.320 e. The second kappa shape index (κ2) is 18.1. The molecule has 0 saturated carbocycles. The third kappa shape index (κ3) is 9.10. The predicted octanol–water partition coefficient (Wildman–Crippen LogP) is 7.73. The molecule has 2 aliphatic heterocycles. The van der Waals surface area contributed by atoms with Crippen LogP contribution >= 0.6 is 11.6 Å². The van der Waals surface area contributed by atoms with Gasteiger partial charge in [-0.3, -0.25) is 14.6 Å². The van der Waals surface area contributed by atoms with Gasteiger partial charge in [-0.1, -0.05) is 79.6 Å². The summed E-state index contributed by atoms with van der Waals surface area (Å²) in [4.78, 5) is 16.5. The molecule has 2 saturated heterocycles. The molecule has 2 unspecified atom stereocenters. The number of likely N-dealkylation sites (tertiary alicyclic amines) is 2. The number of carboxylic acids is 1. The van der Waals surface area contributed by atoms with Crippen molar-refractivity contribution >= 4 is 23.1 Å². The first-order valence-corrected chi connectivity index (χ1v) is 20.2. The summed E-state index contributed by atoms with van der Waals surface area (Å²) in [6.07, 6.45) is 10.4. The van der Waals surface area contributed by atoms with Gasteiger partial charge in [0.1, 0.15) is 36.2 Å². The minimum Gasteiger partial charge on any atom is -0.490 e. The number of nitriles is 1. The van der Waals surface area contributed by atoms with Crippen LogP contribution in [0.3, 0.4) is 0 Å². The molecule has 3 heterocycles. The first-order valence-electron chi connectivity index (χ1n) is 19.8. The number of halogens is 1.